The molecule has 1 aliphatic rings. The highest BCUT2D eigenvalue weighted by atomic mass is 15.0. The van der Waals surface area contributed by atoms with E-state index in [0.717, 1.165) is 39.3 Å². The van der Waals surface area contributed by atoms with Crippen LogP contribution in [0.1, 0.15) is 13.0 Å². The molecule has 0 N–H and O–H groups in total. The number of benzene rings is 6. The Morgan fingerprint density at radius 1 is 0.431 bits per heavy atom. The molecule has 242 valence electrons. The number of hydrogen-bond donors (Lipinski definition) is 0. The van der Waals surface area contributed by atoms with Crippen LogP contribution in [0, 0.1) is 5.92 Å². The molecule has 10 rings (SSSR count). The van der Waals surface area contributed by atoms with Gasteiger partial charge in [0.25, 0.3) is 0 Å². The number of allylic oxidation sites excluding steroid dienone is 4. The zero-order valence-electron chi connectivity index (χ0n) is 28.3. The van der Waals surface area contributed by atoms with Gasteiger partial charge in [-0.1, -0.05) is 140 Å². The zero-order valence-corrected chi connectivity index (χ0v) is 28.3. The van der Waals surface area contributed by atoms with Crippen LogP contribution >= 0.6 is 0 Å². The Kier molecular flexibility index (Phi) is 6.85. The van der Waals surface area contributed by atoms with Crippen molar-refractivity contribution in [1.29, 1.82) is 0 Å². The molecule has 9 aromatic rings. The van der Waals surface area contributed by atoms with E-state index in [1.807, 2.05) is 12.1 Å². The van der Waals surface area contributed by atoms with Gasteiger partial charge in [-0.3, -0.25) is 0 Å². The summed E-state index contributed by atoms with van der Waals surface area (Å²) in [4.78, 5) is 5.10. The molecule has 3 heteroatoms. The van der Waals surface area contributed by atoms with Crippen molar-refractivity contribution in [2.75, 3.05) is 0 Å². The molecule has 0 saturated carbocycles. The standard InChI is InChI=1S/C48H35N3/c1-32-14-8-11-21-44(32)51-46-23-13-10-20-39(46)41-30-40-38-19-9-12-22-45(38)50(47(40)31-48(41)51)37-26-24-33(25-27-37)36-28-42(34-15-4-2-5-16-34)49-43(29-36)35-17-6-3-7-18-35/h2-32,44H,1H3. The molecule has 3 nitrogen and oxygen atoms in total. The minimum absolute atomic E-state index is 0.244. The van der Waals surface area contributed by atoms with E-state index < -0.39 is 0 Å². The summed E-state index contributed by atoms with van der Waals surface area (Å²) in [6.45, 7) is 2.32. The van der Waals surface area contributed by atoms with Crippen LogP contribution in [-0.4, -0.2) is 14.1 Å². The molecule has 0 aliphatic heterocycles. The number of hydrogen-bond acceptors (Lipinski definition) is 1. The fraction of sp³-hybridized carbons (Fsp3) is 0.0625. The van der Waals surface area contributed by atoms with Crippen molar-refractivity contribution in [2.24, 2.45) is 5.92 Å². The van der Waals surface area contributed by atoms with Crippen molar-refractivity contribution in [3.05, 3.63) is 182 Å². The van der Waals surface area contributed by atoms with Crippen LogP contribution in [0.25, 0.3) is 82.9 Å². The van der Waals surface area contributed by atoms with Crippen molar-refractivity contribution < 1.29 is 0 Å². The highest BCUT2D eigenvalue weighted by Crippen LogP contribution is 2.41. The Bertz CT molecular complexity index is 2740. The van der Waals surface area contributed by atoms with Gasteiger partial charge >= 0.3 is 0 Å². The molecule has 3 heterocycles. The lowest BCUT2D eigenvalue weighted by molar-refractivity contribution is 0.510. The van der Waals surface area contributed by atoms with Crippen molar-refractivity contribution in [1.82, 2.24) is 14.1 Å². The van der Waals surface area contributed by atoms with E-state index in [2.05, 4.69) is 186 Å². The van der Waals surface area contributed by atoms with E-state index in [4.69, 9.17) is 4.98 Å². The fourth-order valence-electron chi connectivity index (χ4n) is 8.10. The highest BCUT2D eigenvalue weighted by Gasteiger charge is 2.23. The molecular formula is C48H35N3. The summed E-state index contributed by atoms with van der Waals surface area (Å²) in [5, 5.41) is 5.13. The number of pyridine rings is 1. The van der Waals surface area contributed by atoms with Crippen molar-refractivity contribution in [2.45, 2.75) is 13.0 Å². The van der Waals surface area contributed by atoms with E-state index in [9.17, 15) is 0 Å². The Morgan fingerprint density at radius 2 is 1.00 bits per heavy atom. The second-order valence-electron chi connectivity index (χ2n) is 13.7. The van der Waals surface area contributed by atoms with E-state index in [1.54, 1.807) is 0 Å². The molecule has 51 heavy (non-hydrogen) atoms. The molecule has 0 fully saturated rings. The van der Waals surface area contributed by atoms with Gasteiger partial charge in [0.15, 0.2) is 0 Å². The van der Waals surface area contributed by atoms with Crippen LogP contribution in [0.15, 0.2) is 182 Å². The molecule has 6 aromatic carbocycles. The van der Waals surface area contributed by atoms with Crippen LogP contribution in [-0.2, 0) is 0 Å². The lowest BCUT2D eigenvalue weighted by Crippen LogP contribution is -2.15. The second kappa shape index (κ2) is 11.9. The summed E-state index contributed by atoms with van der Waals surface area (Å²) >= 11 is 0. The minimum atomic E-state index is 0.244. The highest BCUT2D eigenvalue weighted by molar-refractivity contribution is 6.18. The predicted octanol–water partition coefficient (Wildman–Crippen LogP) is 12.6. The maximum Gasteiger partial charge on any atom is 0.0715 e. The van der Waals surface area contributed by atoms with Crippen molar-refractivity contribution >= 4 is 43.6 Å². The Labute approximate surface area is 297 Å². The van der Waals surface area contributed by atoms with Gasteiger partial charge < -0.3 is 9.13 Å². The van der Waals surface area contributed by atoms with Crippen LogP contribution < -0.4 is 0 Å². The molecular weight excluding hydrogens is 619 g/mol. The minimum Gasteiger partial charge on any atom is -0.333 e. The summed E-state index contributed by atoms with van der Waals surface area (Å²) < 4.78 is 4.99. The summed E-state index contributed by atoms with van der Waals surface area (Å²) in [5.41, 5.74) is 12.6. The summed E-state index contributed by atoms with van der Waals surface area (Å²) in [7, 11) is 0. The van der Waals surface area contributed by atoms with E-state index in [0.29, 0.717) is 5.92 Å². The van der Waals surface area contributed by atoms with Gasteiger partial charge in [0.1, 0.15) is 0 Å². The number of nitrogens with zero attached hydrogens (tertiary/aromatic N) is 3. The van der Waals surface area contributed by atoms with Gasteiger partial charge in [0.05, 0.1) is 34.0 Å². The SMILES string of the molecule is CC1C=CC=CC1n1c2ccccc2c2cc3c4ccccc4n(-c4ccc(-c5cc(-c6ccccc6)nc(-c6ccccc6)c5)cc4)c3cc21. The molecule has 0 amide bonds. The zero-order chi connectivity index (χ0) is 33.9. The first-order chi connectivity index (χ1) is 25.2. The molecule has 1 aliphatic carbocycles. The van der Waals surface area contributed by atoms with E-state index in [-0.39, 0.29) is 6.04 Å². The number of aromatic nitrogens is 3. The number of para-hydroxylation sites is 2. The van der Waals surface area contributed by atoms with Crippen LogP contribution in [0.3, 0.4) is 0 Å². The quantitative estimate of drug-likeness (QED) is 0.181. The predicted molar refractivity (Wildman–Crippen MR) is 214 cm³/mol. The molecule has 3 aromatic heterocycles. The number of rotatable bonds is 5. The monoisotopic (exact) mass is 653 g/mol. The third kappa shape index (κ3) is 4.85. The number of fused-ring (bicyclic) bond motifs is 6. The Morgan fingerprint density at radius 3 is 1.67 bits per heavy atom. The average Bonchev–Trinajstić information content (AvgIpc) is 3.70. The first kappa shape index (κ1) is 29.5. The lowest BCUT2D eigenvalue weighted by Gasteiger charge is -2.24. The first-order valence-corrected chi connectivity index (χ1v) is 17.8. The van der Waals surface area contributed by atoms with E-state index >= 15 is 0 Å². The van der Waals surface area contributed by atoms with Crippen molar-refractivity contribution in [3.8, 4) is 39.3 Å². The summed E-state index contributed by atoms with van der Waals surface area (Å²) in [6.07, 6.45) is 9.03. The fourth-order valence-corrected chi connectivity index (χ4v) is 8.10. The molecule has 0 radical (unpaired) electrons. The third-order valence-electron chi connectivity index (χ3n) is 10.6. The lowest BCUT2D eigenvalue weighted by atomic mass is 9.96. The summed E-state index contributed by atoms with van der Waals surface area (Å²) in [5.74, 6) is 0.390. The van der Waals surface area contributed by atoms with Gasteiger partial charge in [-0.25, -0.2) is 4.98 Å². The molecule has 2 atom stereocenters. The molecule has 0 bridgehead atoms. The Balaban J connectivity index is 1.16. The third-order valence-corrected chi connectivity index (χ3v) is 10.6. The second-order valence-corrected chi connectivity index (χ2v) is 13.7. The van der Waals surface area contributed by atoms with Gasteiger partial charge in [-0.2, -0.15) is 0 Å². The molecule has 2 unspecified atom stereocenters. The van der Waals surface area contributed by atoms with Gasteiger partial charge in [-0.15, -0.1) is 0 Å². The van der Waals surface area contributed by atoms with Gasteiger partial charge in [0.2, 0.25) is 0 Å². The van der Waals surface area contributed by atoms with Gasteiger partial charge in [0, 0.05) is 43.9 Å². The Hall–Kier alpha value is -6.45. The van der Waals surface area contributed by atoms with Crippen LogP contribution in [0.5, 0.6) is 0 Å². The smallest absolute Gasteiger partial charge is 0.0715 e. The first-order valence-electron chi connectivity index (χ1n) is 17.8. The molecule has 0 spiro atoms. The maximum absolute atomic E-state index is 5.10. The average molecular weight is 654 g/mol. The van der Waals surface area contributed by atoms with Crippen molar-refractivity contribution in [3.63, 3.8) is 0 Å². The topological polar surface area (TPSA) is 22.8 Å². The normalized spacial score (nSPS) is 15.8. The summed E-state index contributed by atoms with van der Waals surface area (Å²) in [6, 6.07) is 57.2. The van der Waals surface area contributed by atoms with Crippen LogP contribution in [0.2, 0.25) is 0 Å². The van der Waals surface area contributed by atoms with Gasteiger partial charge in [-0.05, 0) is 65.6 Å². The molecule has 0 saturated heterocycles. The van der Waals surface area contributed by atoms with E-state index in [1.165, 1.54) is 43.6 Å². The largest absolute Gasteiger partial charge is 0.333 e. The van der Waals surface area contributed by atoms with Crippen LogP contribution in [0.4, 0.5) is 0 Å². The maximum atomic E-state index is 5.10.